The predicted molar refractivity (Wildman–Crippen MR) is 104 cm³/mol. The molecule has 1 saturated heterocycles. The molecule has 1 heterocycles. The molecule has 7 heteroatoms. The monoisotopic (exact) mass is 401 g/mol. The highest BCUT2D eigenvalue weighted by molar-refractivity contribution is 6.46. The molecule has 0 aliphatic carbocycles. The van der Waals surface area contributed by atoms with Crippen LogP contribution in [0.5, 0.6) is 0 Å². The number of benzene rings is 2. The summed E-state index contributed by atoms with van der Waals surface area (Å²) in [7, 11) is 3.97. The van der Waals surface area contributed by atoms with Gasteiger partial charge in [0.2, 0.25) is 0 Å². The highest BCUT2D eigenvalue weighted by Crippen LogP contribution is 2.39. The van der Waals surface area contributed by atoms with Gasteiger partial charge in [0.15, 0.2) is 0 Å². The first-order chi connectivity index (χ1) is 13.8. The fourth-order valence-corrected chi connectivity index (χ4v) is 3.47. The van der Waals surface area contributed by atoms with E-state index in [9.17, 15) is 23.5 Å². The van der Waals surface area contributed by atoms with Gasteiger partial charge in [-0.25, -0.2) is 8.78 Å². The summed E-state index contributed by atoms with van der Waals surface area (Å²) in [4.78, 5) is 28.1. The number of carbonyl (C=O) groups is 2. The third-order valence-corrected chi connectivity index (χ3v) is 4.92. The van der Waals surface area contributed by atoms with E-state index in [1.165, 1.54) is 46.2 Å². The van der Waals surface area contributed by atoms with Gasteiger partial charge in [-0.1, -0.05) is 12.1 Å². The highest BCUT2D eigenvalue weighted by Gasteiger charge is 2.45. The number of hydrogen-bond donors (Lipinski definition) is 2. The van der Waals surface area contributed by atoms with Gasteiger partial charge in [0.05, 0.1) is 32.3 Å². The van der Waals surface area contributed by atoms with Gasteiger partial charge < -0.3 is 14.9 Å². The van der Waals surface area contributed by atoms with Crippen molar-refractivity contribution in [3.63, 3.8) is 0 Å². The maximum absolute atomic E-state index is 13.4. The molecule has 29 heavy (non-hydrogen) atoms. The molecule has 0 saturated carbocycles. The van der Waals surface area contributed by atoms with Crippen LogP contribution in [0.2, 0.25) is 0 Å². The summed E-state index contributed by atoms with van der Waals surface area (Å²) in [6.07, 6.45) is 0.656. The fourth-order valence-electron chi connectivity index (χ4n) is 3.47. The standard InChI is InChI=1S/C22H22F2N2O3/c1-25(2)12-3-13-26-19(14-4-8-16(23)9-5-14)18(21(28)22(26)29)20(27)15-6-10-17(24)11-7-15/h4-11,19,27H,3,12-13H2,1-2H3/p+1/t19-/m1/s1. The Labute approximate surface area is 167 Å². The number of likely N-dealkylation sites (tertiary alicyclic amines) is 1. The number of carbonyl (C=O) groups excluding carboxylic acids is 2. The molecular formula is C22H23F2N2O3+. The Balaban J connectivity index is 2.07. The molecule has 152 valence electrons. The van der Waals surface area contributed by atoms with E-state index in [2.05, 4.69) is 0 Å². The minimum Gasteiger partial charge on any atom is -0.507 e. The van der Waals surface area contributed by atoms with Crippen LogP contribution in [-0.2, 0) is 9.59 Å². The number of quaternary nitrogens is 1. The molecule has 2 aromatic carbocycles. The number of nitrogens with zero attached hydrogens (tertiary/aromatic N) is 1. The van der Waals surface area contributed by atoms with Gasteiger partial charge >= 0.3 is 0 Å². The van der Waals surface area contributed by atoms with Gasteiger partial charge in [-0.3, -0.25) is 9.59 Å². The second-order valence-corrected chi connectivity index (χ2v) is 7.36. The average molecular weight is 401 g/mol. The normalized spacial score (nSPS) is 18.7. The Bertz CT molecular complexity index is 938. The molecule has 5 nitrogen and oxygen atoms in total. The quantitative estimate of drug-likeness (QED) is 0.442. The van der Waals surface area contributed by atoms with E-state index >= 15 is 0 Å². The van der Waals surface area contributed by atoms with Crippen molar-refractivity contribution in [2.24, 2.45) is 0 Å². The summed E-state index contributed by atoms with van der Waals surface area (Å²) >= 11 is 0. The molecule has 1 aliphatic heterocycles. The molecule has 2 aromatic rings. The van der Waals surface area contributed by atoms with Gasteiger partial charge in [-0.15, -0.1) is 0 Å². The molecule has 0 radical (unpaired) electrons. The van der Waals surface area contributed by atoms with Crippen molar-refractivity contribution in [3.05, 3.63) is 76.9 Å². The number of nitrogens with one attached hydrogen (secondary N) is 1. The Morgan fingerprint density at radius 3 is 2.10 bits per heavy atom. The molecule has 0 unspecified atom stereocenters. The maximum atomic E-state index is 13.4. The third-order valence-electron chi connectivity index (χ3n) is 4.92. The van der Waals surface area contributed by atoms with E-state index in [1.807, 2.05) is 14.1 Å². The number of halogens is 2. The summed E-state index contributed by atoms with van der Waals surface area (Å²) in [6.45, 7) is 1.11. The zero-order chi connectivity index (χ0) is 21.1. The first-order valence-corrected chi connectivity index (χ1v) is 9.38. The maximum Gasteiger partial charge on any atom is 0.295 e. The van der Waals surface area contributed by atoms with Crippen LogP contribution in [0.1, 0.15) is 23.6 Å². The van der Waals surface area contributed by atoms with Crippen LogP contribution in [0.4, 0.5) is 8.78 Å². The van der Waals surface area contributed by atoms with Gasteiger partial charge in [0.25, 0.3) is 11.7 Å². The molecule has 3 rings (SSSR count). The number of rotatable bonds is 6. The molecule has 1 amide bonds. The van der Waals surface area contributed by atoms with Crippen molar-refractivity contribution in [1.82, 2.24) is 4.90 Å². The van der Waals surface area contributed by atoms with Crippen molar-refractivity contribution in [2.75, 3.05) is 27.2 Å². The largest absolute Gasteiger partial charge is 0.507 e. The average Bonchev–Trinajstić information content (AvgIpc) is 2.93. The number of amides is 1. The lowest BCUT2D eigenvalue weighted by Gasteiger charge is -2.25. The summed E-state index contributed by atoms with van der Waals surface area (Å²) in [5.41, 5.74) is 0.672. The van der Waals surface area contributed by atoms with Crippen molar-refractivity contribution >= 4 is 17.4 Å². The predicted octanol–water partition coefficient (Wildman–Crippen LogP) is 1.92. The molecular weight excluding hydrogens is 378 g/mol. The van der Waals surface area contributed by atoms with Crippen LogP contribution in [0, 0.1) is 11.6 Å². The van der Waals surface area contributed by atoms with Crippen LogP contribution in [-0.4, -0.2) is 48.9 Å². The lowest BCUT2D eigenvalue weighted by Crippen LogP contribution is -3.05. The van der Waals surface area contributed by atoms with Gasteiger partial charge in [0.1, 0.15) is 17.4 Å². The van der Waals surface area contributed by atoms with Crippen molar-refractivity contribution in [3.8, 4) is 0 Å². The van der Waals surface area contributed by atoms with Crippen molar-refractivity contribution in [1.29, 1.82) is 0 Å². The number of aliphatic hydroxyl groups excluding tert-OH is 1. The van der Waals surface area contributed by atoms with Gasteiger partial charge in [-0.05, 0) is 42.0 Å². The summed E-state index contributed by atoms with van der Waals surface area (Å²) in [5.74, 6) is -2.82. The van der Waals surface area contributed by atoms with Crippen LogP contribution in [0.15, 0.2) is 54.1 Å². The zero-order valence-electron chi connectivity index (χ0n) is 16.3. The Morgan fingerprint density at radius 2 is 1.55 bits per heavy atom. The van der Waals surface area contributed by atoms with Crippen LogP contribution >= 0.6 is 0 Å². The van der Waals surface area contributed by atoms with E-state index in [0.29, 0.717) is 18.5 Å². The zero-order valence-corrected chi connectivity index (χ0v) is 16.3. The topological polar surface area (TPSA) is 62.0 Å². The molecule has 0 bridgehead atoms. The first-order valence-electron chi connectivity index (χ1n) is 9.38. The number of ketones is 1. The second kappa shape index (κ2) is 8.53. The number of aliphatic hydroxyl groups is 1. The third kappa shape index (κ3) is 4.35. The summed E-state index contributed by atoms with van der Waals surface area (Å²) in [5, 5.41) is 10.8. The summed E-state index contributed by atoms with van der Waals surface area (Å²) in [6, 6.07) is 9.66. The van der Waals surface area contributed by atoms with E-state index < -0.39 is 29.4 Å². The number of hydrogen-bond acceptors (Lipinski definition) is 3. The second-order valence-electron chi connectivity index (χ2n) is 7.36. The highest BCUT2D eigenvalue weighted by atomic mass is 19.1. The Morgan fingerprint density at radius 1 is 1.00 bits per heavy atom. The van der Waals surface area contributed by atoms with Crippen LogP contribution in [0.3, 0.4) is 0 Å². The van der Waals surface area contributed by atoms with E-state index in [-0.39, 0.29) is 16.9 Å². The van der Waals surface area contributed by atoms with E-state index in [4.69, 9.17) is 0 Å². The fraction of sp³-hybridized carbons (Fsp3) is 0.273. The smallest absolute Gasteiger partial charge is 0.295 e. The summed E-state index contributed by atoms with van der Waals surface area (Å²) < 4.78 is 26.7. The Kier molecular flexibility index (Phi) is 6.08. The van der Waals surface area contributed by atoms with Gasteiger partial charge in [-0.2, -0.15) is 0 Å². The van der Waals surface area contributed by atoms with Crippen LogP contribution in [0.25, 0.3) is 5.76 Å². The molecule has 2 N–H and O–H groups in total. The first kappa shape index (κ1) is 20.7. The minimum atomic E-state index is -0.835. The molecule has 0 aromatic heterocycles. The molecule has 1 atom stereocenters. The lowest BCUT2D eigenvalue weighted by atomic mass is 9.95. The Hall–Kier alpha value is -3.06. The SMILES string of the molecule is C[NH+](C)CCCN1C(=O)C(=O)C(=C(O)c2ccc(F)cc2)[C@H]1c1ccc(F)cc1. The van der Waals surface area contributed by atoms with Crippen LogP contribution < -0.4 is 4.90 Å². The van der Waals surface area contributed by atoms with Crippen molar-refractivity contribution in [2.45, 2.75) is 12.5 Å². The lowest BCUT2D eigenvalue weighted by molar-refractivity contribution is -0.858. The number of Topliss-reactive ketones (excluding diaryl/α,β-unsaturated/α-hetero) is 1. The van der Waals surface area contributed by atoms with Crippen molar-refractivity contribution < 1.29 is 28.4 Å². The molecule has 0 spiro atoms. The van der Waals surface area contributed by atoms with E-state index in [0.717, 1.165) is 18.7 Å². The molecule has 1 aliphatic rings. The van der Waals surface area contributed by atoms with E-state index in [1.54, 1.807) is 0 Å². The van der Waals surface area contributed by atoms with Gasteiger partial charge in [0, 0.05) is 18.5 Å². The molecule has 1 fully saturated rings. The minimum absolute atomic E-state index is 0.0783.